The molecule has 0 saturated heterocycles. The summed E-state index contributed by atoms with van der Waals surface area (Å²) in [5.41, 5.74) is 1.20. The number of halogens is 1. The van der Waals surface area contributed by atoms with Crippen molar-refractivity contribution in [2.45, 2.75) is 13.1 Å². The number of phenolic OH excluding ortho intramolecular Hbond substituents is 1. The second kappa shape index (κ2) is 7.23. The van der Waals surface area contributed by atoms with E-state index in [2.05, 4.69) is 0 Å². The molecule has 24 heavy (non-hydrogen) atoms. The molecule has 2 aromatic carbocycles. The number of nitrogens with zero attached hydrogens (tertiary/aromatic N) is 1. The molecule has 0 spiro atoms. The van der Waals surface area contributed by atoms with Gasteiger partial charge >= 0.3 is 0 Å². The second-order valence-corrected chi connectivity index (χ2v) is 5.81. The fourth-order valence-corrected chi connectivity index (χ4v) is 2.54. The van der Waals surface area contributed by atoms with Gasteiger partial charge in [-0.2, -0.15) is 0 Å². The van der Waals surface area contributed by atoms with E-state index in [1.54, 1.807) is 59.7 Å². The van der Waals surface area contributed by atoms with Crippen LogP contribution in [0.1, 0.15) is 21.7 Å². The van der Waals surface area contributed by atoms with Crippen LogP contribution >= 0.6 is 11.6 Å². The fraction of sp³-hybridized carbons (Fsp3) is 0.105. The van der Waals surface area contributed by atoms with Crippen LogP contribution in [0.2, 0.25) is 5.02 Å². The Morgan fingerprint density at radius 1 is 1.00 bits per heavy atom. The molecular formula is C19H16ClNO3. The quantitative estimate of drug-likeness (QED) is 0.744. The van der Waals surface area contributed by atoms with Crippen LogP contribution in [-0.4, -0.2) is 15.9 Å². The molecule has 0 saturated carbocycles. The highest BCUT2D eigenvalue weighted by molar-refractivity contribution is 6.30. The predicted octanol–water partition coefficient (Wildman–Crippen LogP) is 4.48. The van der Waals surface area contributed by atoms with E-state index in [-0.39, 0.29) is 18.2 Å². The van der Waals surface area contributed by atoms with Crippen molar-refractivity contribution < 1.29 is 14.3 Å². The number of aromatic hydroxyl groups is 1. The Kier molecular flexibility index (Phi) is 4.87. The topological polar surface area (TPSA) is 53.7 Å². The summed E-state index contributed by atoms with van der Waals surface area (Å²) in [6, 6.07) is 17.3. The molecule has 3 aromatic rings. The largest absolute Gasteiger partial charge is 0.508 e. The molecule has 0 aliphatic rings. The lowest BCUT2D eigenvalue weighted by atomic mass is 10.1. The maximum absolute atomic E-state index is 12.9. The Hall–Kier alpha value is -2.72. The van der Waals surface area contributed by atoms with Crippen molar-refractivity contribution in [1.29, 1.82) is 0 Å². The van der Waals surface area contributed by atoms with E-state index in [0.717, 1.165) is 0 Å². The van der Waals surface area contributed by atoms with Crippen molar-refractivity contribution in [3.8, 4) is 5.75 Å². The molecule has 0 radical (unpaired) electrons. The summed E-state index contributed by atoms with van der Waals surface area (Å²) in [4.78, 5) is 14.5. The summed E-state index contributed by atoms with van der Waals surface area (Å²) in [5, 5.41) is 10.6. The van der Waals surface area contributed by atoms with Crippen LogP contribution in [-0.2, 0) is 13.1 Å². The minimum atomic E-state index is -0.161. The van der Waals surface area contributed by atoms with Crippen molar-refractivity contribution in [3.63, 3.8) is 0 Å². The van der Waals surface area contributed by atoms with Gasteiger partial charge in [-0.15, -0.1) is 0 Å². The number of rotatable bonds is 5. The highest BCUT2D eigenvalue weighted by atomic mass is 35.5. The molecule has 3 rings (SSSR count). The molecular weight excluding hydrogens is 326 g/mol. The van der Waals surface area contributed by atoms with Crippen LogP contribution in [0.25, 0.3) is 0 Å². The third-order valence-electron chi connectivity index (χ3n) is 3.66. The number of para-hydroxylation sites is 1. The highest BCUT2D eigenvalue weighted by Gasteiger charge is 2.19. The molecule has 0 aliphatic carbocycles. The lowest BCUT2D eigenvalue weighted by molar-refractivity contribution is 0.0716. The van der Waals surface area contributed by atoms with Crippen molar-refractivity contribution in [3.05, 3.63) is 88.8 Å². The summed E-state index contributed by atoms with van der Waals surface area (Å²) < 4.78 is 5.36. The minimum Gasteiger partial charge on any atom is -0.508 e. The van der Waals surface area contributed by atoms with E-state index in [0.29, 0.717) is 28.5 Å². The zero-order valence-corrected chi connectivity index (χ0v) is 13.6. The summed E-state index contributed by atoms with van der Waals surface area (Å²) in [7, 11) is 0. The number of amides is 1. The average molecular weight is 342 g/mol. The van der Waals surface area contributed by atoms with E-state index < -0.39 is 0 Å². The van der Waals surface area contributed by atoms with E-state index in [4.69, 9.17) is 16.0 Å². The number of hydrogen-bond acceptors (Lipinski definition) is 3. The van der Waals surface area contributed by atoms with Crippen LogP contribution in [0, 0.1) is 0 Å². The third-order valence-corrected chi connectivity index (χ3v) is 3.91. The first-order valence-electron chi connectivity index (χ1n) is 7.47. The third kappa shape index (κ3) is 3.78. The van der Waals surface area contributed by atoms with E-state index in [1.807, 2.05) is 12.1 Å². The van der Waals surface area contributed by atoms with Gasteiger partial charge in [0.2, 0.25) is 0 Å². The Morgan fingerprint density at radius 2 is 1.75 bits per heavy atom. The molecule has 0 atom stereocenters. The van der Waals surface area contributed by atoms with Crippen molar-refractivity contribution in [2.24, 2.45) is 0 Å². The minimum absolute atomic E-state index is 0.158. The molecule has 0 unspecified atom stereocenters. The molecule has 1 amide bonds. The van der Waals surface area contributed by atoms with Gasteiger partial charge in [0, 0.05) is 16.1 Å². The van der Waals surface area contributed by atoms with Gasteiger partial charge < -0.3 is 14.4 Å². The molecule has 5 heteroatoms. The first kappa shape index (κ1) is 16.1. The molecule has 1 heterocycles. The van der Waals surface area contributed by atoms with Gasteiger partial charge in [0.1, 0.15) is 11.5 Å². The Labute approximate surface area is 144 Å². The van der Waals surface area contributed by atoms with Gasteiger partial charge in [-0.25, -0.2) is 0 Å². The lowest BCUT2D eigenvalue weighted by Gasteiger charge is -2.22. The molecule has 0 bridgehead atoms. The van der Waals surface area contributed by atoms with Crippen molar-refractivity contribution >= 4 is 17.5 Å². The van der Waals surface area contributed by atoms with E-state index in [9.17, 15) is 9.90 Å². The number of carbonyl (C=O) groups is 1. The zero-order chi connectivity index (χ0) is 16.9. The Morgan fingerprint density at radius 3 is 2.42 bits per heavy atom. The summed E-state index contributed by atoms with van der Waals surface area (Å²) in [6.07, 6.45) is 1.57. The number of benzene rings is 2. The normalized spacial score (nSPS) is 10.5. The first-order valence-corrected chi connectivity index (χ1v) is 7.85. The number of phenols is 1. The smallest absolute Gasteiger partial charge is 0.254 e. The second-order valence-electron chi connectivity index (χ2n) is 5.38. The van der Waals surface area contributed by atoms with Crippen LogP contribution in [0.4, 0.5) is 0 Å². The molecule has 1 N–H and O–H groups in total. The maximum Gasteiger partial charge on any atom is 0.254 e. The van der Waals surface area contributed by atoms with Crippen molar-refractivity contribution in [1.82, 2.24) is 4.90 Å². The highest BCUT2D eigenvalue weighted by Crippen LogP contribution is 2.21. The summed E-state index contributed by atoms with van der Waals surface area (Å²) in [6.45, 7) is 0.581. The van der Waals surface area contributed by atoms with Gasteiger partial charge in [-0.1, -0.05) is 29.8 Å². The number of carbonyl (C=O) groups excluding carboxylic acids is 1. The zero-order valence-electron chi connectivity index (χ0n) is 12.9. The molecule has 0 fully saturated rings. The lowest BCUT2D eigenvalue weighted by Crippen LogP contribution is -2.30. The SMILES string of the molecule is O=C(c1ccc(Cl)cc1)N(Cc1ccco1)Cc1ccccc1O. The van der Waals surface area contributed by atoms with Crippen molar-refractivity contribution in [2.75, 3.05) is 0 Å². The van der Waals surface area contributed by atoms with Crippen LogP contribution in [0.3, 0.4) is 0 Å². The molecule has 122 valence electrons. The fourth-order valence-electron chi connectivity index (χ4n) is 2.42. The predicted molar refractivity (Wildman–Crippen MR) is 91.8 cm³/mol. The van der Waals surface area contributed by atoms with Crippen LogP contribution in [0.15, 0.2) is 71.3 Å². The van der Waals surface area contributed by atoms with Gasteiger partial charge in [0.15, 0.2) is 0 Å². The molecule has 0 aliphatic heterocycles. The average Bonchev–Trinajstić information content (AvgIpc) is 3.09. The van der Waals surface area contributed by atoms with E-state index in [1.165, 1.54) is 0 Å². The Bertz CT molecular complexity index is 813. The monoisotopic (exact) mass is 341 g/mol. The van der Waals surface area contributed by atoms with E-state index >= 15 is 0 Å². The standard InChI is InChI=1S/C19H16ClNO3/c20-16-9-7-14(8-10-16)19(23)21(13-17-5-3-11-24-17)12-15-4-1-2-6-18(15)22/h1-11,22H,12-13H2. The van der Waals surface area contributed by atoms with Crippen LogP contribution < -0.4 is 0 Å². The maximum atomic E-state index is 12.9. The summed E-state index contributed by atoms with van der Waals surface area (Å²) >= 11 is 5.89. The molecule has 1 aromatic heterocycles. The van der Waals surface area contributed by atoms with Gasteiger partial charge in [-0.05, 0) is 42.5 Å². The van der Waals surface area contributed by atoms with Crippen LogP contribution in [0.5, 0.6) is 5.75 Å². The first-order chi connectivity index (χ1) is 11.6. The summed E-state index contributed by atoms with van der Waals surface area (Å²) in [5.74, 6) is 0.671. The van der Waals surface area contributed by atoms with Gasteiger partial charge in [0.25, 0.3) is 5.91 Å². The number of hydrogen-bond donors (Lipinski definition) is 1. The Balaban J connectivity index is 1.87. The molecule has 4 nitrogen and oxygen atoms in total. The van der Waals surface area contributed by atoms with Gasteiger partial charge in [-0.3, -0.25) is 4.79 Å². The number of furan rings is 1. The van der Waals surface area contributed by atoms with Gasteiger partial charge in [0.05, 0.1) is 19.4 Å².